The Balaban J connectivity index is -0.0000000249. The lowest BCUT2D eigenvalue weighted by Crippen LogP contribution is -2.04. The van der Waals surface area contributed by atoms with Crippen LogP contribution in [0.1, 0.15) is 63.3 Å². The summed E-state index contributed by atoms with van der Waals surface area (Å²) in [6, 6.07) is 0. The standard InChI is InChI=1S/C5H8O3.2C3H8O.4CH4/c1-2-4(6)3-5(7)8;2*1-3-4-2;;;;/h2-3H2,1H3,(H,7,8);2*3H2,1-2H3;4*1H4. The van der Waals surface area contributed by atoms with Crippen LogP contribution in [0, 0.1) is 0 Å². The van der Waals surface area contributed by atoms with Crippen molar-refractivity contribution < 1.29 is 24.2 Å². The molecule has 0 saturated heterocycles. The third-order valence-corrected chi connectivity index (χ3v) is 1.32. The number of ketones is 1. The maximum atomic E-state index is 10.2. The summed E-state index contributed by atoms with van der Waals surface area (Å²) >= 11 is 0. The van der Waals surface area contributed by atoms with Gasteiger partial charge in [0.1, 0.15) is 12.2 Å². The van der Waals surface area contributed by atoms with Crippen molar-refractivity contribution in [2.75, 3.05) is 27.4 Å². The lowest BCUT2D eigenvalue weighted by atomic mass is 10.2. The highest BCUT2D eigenvalue weighted by atomic mass is 16.5. The van der Waals surface area contributed by atoms with Gasteiger partial charge in [0.05, 0.1) is 0 Å². The van der Waals surface area contributed by atoms with Crippen molar-refractivity contribution in [3.05, 3.63) is 0 Å². The Labute approximate surface area is 127 Å². The van der Waals surface area contributed by atoms with Crippen LogP contribution in [0.25, 0.3) is 0 Å². The van der Waals surface area contributed by atoms with E-state index in [-0.39, 0.29) is 41.9 Å². The van der Waals surface area contributed by atoms with Gasteiger partial charge in [0, 0.05) is 33.9 Å². The molecule has 0 aliphatic heterocycles. The molecule has 0 unspecified atom stereocenters. The summed E-state index contributed by atoms with van der Waals surface area (Å²) in [5.41, 5.74) is 0. The first-order chi connectivity index (χ1) is 7.49. The molecule has 0 fully saturated rings. The smallest absolute Gasteiger partial charge is 0.310 e. The quantitative estimate of drug-likeness (QED) is 0.767. The summed E-state index contributed by atoms with van der Waals surface area (Å²) < 4.78 is 9.08. The van der Waals surface area contributed by atoms with Gasteiger partial charge in [-0.3, -0.25) is 9.59 Å². The maximum Gasteiger partial charge on any atom is 0.310 e. The molecule has 0 bridgehead atoms. The van der Waals surface area contributed by atoms with Crippen molar-refractivity contribution in [3.63, 3.8) is 0 Å². The molecule has 130 valence electrons. The fourth-order valence-corrected chi connectivity index (χ4v) is 0.294. The van der Waals surface area contributed by atoms with E-state index in [2.05, 4.69) is 9.47 Å². The van der Waals surface area contributed by atoms with Crippen LogP contribution in [0.15, 0.2) is 0 Å². The molecule has 0 radical (unpaired) electrons. The molecular weight excluding hydrogens is 260 g/mol. The van der Waals surface area contributed by atoms with E-state index in [1.807, 2.05) is 13.8 Å². The third-order valence-electron chi connectivity index (χ3n) is 1.32. The van der Waals surface area contributed by atoms with Crippen LogP contribution in [0.3, 0.4) is 0 Å². The molecule has 1 N–H and O–H groups in total. The fraction of sp³-hybridized carbons (Fsp3) is 0.867. The monoisotopic (exact) mass is 300 g/mol. The molecule has 0 aromatic heterocycles. The van der Waals surface area contributed by atoms with E-state index in [4.69, 9.17) is 5.11 Å². The van der Waals surface area contributed by atoms with E-state index < -0.39 is 5.97 Å². The number of carboxylic acid groups (broad SMARTS) is 1. The van der Waals surface area contributed by atoms with Gasteiger partial charge in [-0.25, -0.2) is 0 Å². The summed E-state index contributed by atoms with van der Waals surface area (Å²) in [6.45, 7) is 7.20. The highest BCUT2D eigenvalue weighted by molar-refractivity contribution is 5.94. The van der Waals surface area contributed by atoms with Crippen molar-refractivity contribution in [1.82, 2.24) is 0 Å². The Bertz CT molecular complexity index is 150. The van der Waals surface area contributed by atoms with Crippen LogP contribution in [0.2, 0.25) is 0 Å². The molecule has 0 aromatic carbocycles. The zero-order valence-corrected chi connectivity index (χ0v) is 10.9. The molecule has 0 saturated carbocycles. The fourth-order valence-electron chi connectivity index (χ4n) is 0.294. The molecular formula is C15H40O5. The Morgan fingerprint density at radius 3 is 1.15 bits per heavy atom. The van der Waals surface area contributed by atoms with Gasteiger partial charge in [0.25, 0.3) is 0 Å². The molecule has 0 spiro atoms. The molecule has 0 aromatic rings. The number of methoxy groups -OCH3 is 2. The van der Waals surface area contributed by atoms with Crippen molar-refractivity contribution in [2.45, 2.75) is 63.3 Å². The molecule has 0 aliphatic carbocycles. The van der Waals surface area contributed by atoms with Gasteiger partial charge in [-0.05, 0) is 13.8 Å². The first-order valence-electron chi connectivity index (χ1n) is 5.21. The molecule has 0 heterocycles. The predicted octanol–water partition coefficient (Wildman–Crippen LogP) is 4.29. The van der Waals surface area contributed by atoms with Gasteiger partial charge in [0.2, 0.25) is 0 Å². The first-order valence-corrected chi connectivity index (χ1v) is 5.21. The number of hydrogen-bond acceptors (Lipinski definition) is 4. The first kappa shape index (κ1) is 42.7. The van der Waals surface area contributed by atoms with E-state index in [0.717, 1.165) is 13.2 Å². The van der Waals surface area contributed by atoms with Crippen molar-refractivity contribution in [1.29, 1.82) is 0 Å². The summed E-state index contributed by atoms with van der Waals surface area (Å²) in [7, 11) is 3.36. The number of ether oxygens (including phenoxy) is 2. The second kappa shape index (κ2) is 43.0. The molecule has 0 rings (SSSR count). The zero-order valence-electron chi connectivity index (χ0n) is 10.9. The largest absolute Gasteiger partial charge is 0.481 e. The van der Waals surface area contributed by atoms with Crippen LogP contribution in [-0.2, 0) is 19.1 Å². The molecule has 0 amide bonds. The van der Waals surface area contributed by atoms with Crippen LogP contribution in [0.4, 0.5) is 0 Å². The average molecular weight is 300 g/mol. The van der Waals surface area contributed by atoms with E-state index in [9.17, 15) is 9.59 Å². The van der Waals surface area contributed by atoms with E-state index in [1.54, 1.807) is 21.1 Å². The van der Waals surface area contributed by atoms with Gasteiger partial charge in [-0.1, -0.05) is 36.6 Å². The minimum absolute atomic E-state index is 0. The van der Waals surface area contributed by atoms with Gasteiger partial charge < -0.3 is 14.6 Å². The average Bonchev–Trinajstić information content (AvgIpc) is 2.28. The molecule has 20 heavy (non-hydrogen) atoms. The SMILES string of the molecule is C.C.C.C.CCC(=O)CC(=O)O.CCOC.CCOC. The number of carboxylic acids is 1. The van der Waals surface area contributed by atoms with Crippen LogP contribution >= 0.6 is 0 Å². The van der Waals surface area contributed by atoms with Gasteiger partial charge in [-0.15, -0.1) is 0 Å². The summed E-state index contributed by atoms with van der Waals surface area (Å²) in [4.78, 5) is 20.0. The molecule has 5 heteroatoms. The number of carbonyl (C=O) groups excluding carboxylic acids is 1. The number of aliphatic carboxylic acids is 1. The summed E-state index contributed by atoms with van der Waals surface area (Å²) in [6.07, 6.45) is -0.0250. The van der Waals surface area contributed by atoms with E-state index >= 15 is 0 Å². The maximum absolute atomic E-state index is 10.2. The Kier molecular flexibility index (Phi) is 91.8. The van der Waals surface area contributed by atoms with Crippen molar-refractivity contribution in [3.8, 4) is 0 Å². The summed E-state index contributed by atoms with van der Waals surface area (Å²) in [5.74, 6) is -1.27. The van der Waals surface area contributed by atoms with E-state index in [1.165, 1.54) is 0 Å². The van der Waals surface area contributed by atoms with Gasteiger partial charge in [0.15, 0.2) is 0 Å². The normalized spacial score (nSPS) is 6.45. The van der Waals surface area contributed by atoms with Crippen molar-refractivity contribution >= 4 is 11.8 Å². The van der Waals surface area contributed by atoms with Crippen LogP contribution < -0.4 is 0 Å². The van der Waals surface area contributed by atoms with Crippen LogP contribution in [0.5, 0.6) is 0 Å². The minimum atomic E-state index is -1.04. The lowest BCUT2D eigenvalue weighted by Gasteiger charge is -1.86. The zero-order chi connectivity index (χ0) is 13.4. The predicted molar refractivity (Wildman–Crippen MR) is 89.6 cm³/mol. The Morgan fingerprint density at radius 2 is 1.10 bits per heavy atom. The topological polar surface area (TPSA) is 72.8 Å². The molecule has 5 nitrogen and oxygen atoms in total. The second-order valence-corrected chi connectivity index (χ2v) is 2.62. The molecule has 0 atom stereocenters. The number of hydrogen-bond donors (Lipinski definition) is 1. The Hall–Kier alpha value is -0.940. The number of Topliss-reactive ketones (excluding diaryl/α,β-unsaturated/α-hetero) is 1. The number of carbonyl (C=O) groups is 2. The minimum Gasteiger partial charge on any atom is -0.481 e. The van der Waals surface area contributed by atoms with Crippen molar-refractivity contribution in [2.24, 2.45) is 0 Å². The highest BCUT2D eigenvalue weighted by Gasteiger charge is 2.02. The van der Waals surface area contributed by atoms with Gasteiger partial charge in [-0.2, -0.15) is 0 Å². The van der Waals surface area contributed by atoms with Crippen LogP contribution in [-0.4, -0.2) is 44.3 Å². The Morgan fingerprint density at radius 1 is 0.850 bits per heavy atom. The number of rotatable bonds is 5. The van der Waals surface area contributed by atoms with Gasteiger partial charge >= 0.3 is 5.97 Å². The second-order valence-electron chi connectivity index (χ2n) is 2.62. The van der Waals surface area contributed by atoms with E-state index in [0.29, 0.717) is 6.42 Å². The third kappa shape index (κ3) is 88.3. The molecule has 0 aliphatic rings. The summed E-state index contributed by atoms with van der Waals surface area (Å²) in [5, 5.41) is 7.99. The highest BCUT2D eigenvalue weighted by Crippen LogP contribution is 1.86. The lowest BCUT2D eigenvalue weighted by molar-refractivity contribution is -0.140.